The van der Waals surface area contributed by atoms with Gasteiger partial charge in [0.25, 0.3) is 0 Å². The minimum atomic E-state index is -4.88. The van der Waals surface area contributed by atoms with Crippen LogP contribution in [0.4, 0.5) is 0 Å². The summed E-state index contributed by atoms with van der Waals surface area (Å²) in [5, 5.41) is 10.6. The van der Waals surface area contributed by atoms with E-state index in [9.17, 15) is 19.3 Å². The molecule has 0 aromatic carbocycles. The van der Waals surface area contributed by atoms with Crippen molar-refractivity contribution in [2.45, 2.75) is 193 Å². The van der Waals surface area contributed by atoms with Gasteiger partial charge in [-0.15, -0.1) is 0 Å². The average Bonchev–Trinajstić information content (AvgIpc) is 3.08. The van der Waals surface area contributed by atoms with E-state index in [1.807, 2.05) is 12.2 Å². The van der Waals surface area contributed by atoms with Gasteiger partial charge in [-0.3, -0.25) is 14.1 Å². The fourth-order valence-corrected chi connectivity index (χ4v) is 5.88. The van der Waals surface area contributed by atoms with E-state index in [0.29, 0.717) is 19.3 Å². The lowest BCUT2D eigenvalue weighted by Gasteiger charge is -2.22. The first kappa shape index (κ1) is 48.2. The second-order valence-electron chi connectivity index (χ2n) is 13.4. The molecule has 0 aliphatic heterocycles. The van der Waals surface area contributed by atoms with E-state index < -0.39 is 38.4 Å². The number of rotatable bonds is 36. The Morgan fingerprint density at radius 2 is 0.960 bits per heavy atom. The molecule has 2 unspecified atom stereocenters. The molecule has 2 atom stereocenters. The highest BCUT2D eigenvalue weighted by molar-refractivity contribution is 7.46. The number of hydrogen-bond acceptors (Lipinski definition) is 6. The van der Waals surface area contributed by atoms with Crippen LogP contribution in [-0.2, 0) is 23.4 Å². The molecule has 0 spiro atoms. The quantitative estimate of drug-likeness (QED) is 0.0252. The maximum atomic E-state index is 12.6. The van der Waals surface area contributed by atoms with E-state index >= 15 is 0 Å². The standard InChI is InChI=1S/C41H73O8P/c1-3-5-7-9-11-13-15-17-19-20-22-24-26-28-30-32-34-36-40(43)49-39(37-48-50(45,46)47)41(44)38(42)35-33-31-29-27-25-23-21-18-16-14-12-10-8-6-4-2/h11,13,17,19,22,24,28,30,39,41,44H,3-10,12,14-16,18,20-21,23,25-27,29,31-37H2,1-2H3,(H2,45,46,47)/b13-11-,19-17-,24-22-,30-28-. The molecule has 0 amide bonds. The number of esters is 1. The van der Waals surface area contributed by atoms with E-state index in [1.165, 1.54) is 89.9 Å². The Hall–Kier alpha value is -1.83. The summed E-state index contributed by atoms with van der Waals surface area (Å²) in [6, 6.07) is 0. The predicted molar refractivity (Wildman–Crippen MR) is 207 cm³/mol. The molecule has 0 saturated carbocycles. The molecule has 0 radical (unpaired) electrons. The molecule has 50 heavy (non-hydrogen) atoms. The van der Waals surface area contributed by atoms with Crippen molar-refractivity contribution in [3.05, 3.63) is 48.6 Å². The fraction of sp³-hybridized carbons (Fsp3) is 0.756. The third-order valence-corrected chi connectivity index (χ3v) is 9.09. The summed E-state index contributed by atoms with van der Waals surface area (Å²) >= 11 is 0. The number of aliphatic hydroxyl groups excluding tert-OH is 1. The highest BCUT2D eigenvalue weighted by atomic mass is 31.2. The number of aliphatic hydroxyl groups is 1. The van der Waals surface area contributed by atoms with Crippen molar-refractivity contribution in [2.24, 2.45) is 0 Å². The monoisotopic (exact) mass is 725 g/mol. The van der Waals surface area contributed by atoms with Crippen LogP contribution in [0.2, 0.25) is 0 Å². The van der Waals surface area contributed by atoms with Gasteiger partial charge in [0.05, 0.1) is 6.61 Å². The molecule has 3 N–H and O–H groups in total. The summed E-state index contributed by atoms with van der Waals surface area (Å²) in [6.07, 6.45) is 40.8. The first-order valence-corrected chi connectivity index (χ1v) is 21.4. The Balaban J connectivity index is 4.20. The number of allylic oxidation sites excluding steroid dienone is 8. The van der Waals surface area contributed by atoms with Gasteiger partial charge in [0.15, 0.2) is 18.0 Å². The SMILES string of the molecule is CCCCC/C=C\C/C=C\C/C=C\C/C=C\CCCC(=O)OC(COP(=O)(O)O)C(O)C(=O)CCCCCCCCCCCCCCCCC. The molecule has 8 nitrogen and oxygen atoms in total. The van der Waals surface area contributed by atoms with Gasteiger partial charge < -0.3 is 19.6 Å². The third-order valence-electron chi connectivity index (χ3n) is 8.61. The molecule has 0 aliphatic rings. The second-order valence-corrected chi connectivity index (χ2v) is 14.6. The minimum Gasteiger partial charge on any atom is -0.457 e. The van der Waals surface area contributed by atoms with Crippen LogP contribution < -0.4 is 0 Å². The van der Waals surface area contributed by atoms with E-state index in [-0.39, 0.29) is 12.8 Å². The van der Waals surface area contributed by atoms with Gasteiger partial charge >= 0.3 is 13.8 Å². The summed E-state index contributed by atoms with van der Waals surface area (Å²) in [5.74, 6) is -1.17. The van der Waals surface area contributed by atoms with Gasteiger partial charge in [-0.1, -0.05) is 165 Å². The molecule has 290 valence electrons. The number of phosphoric acid groups is 1. The average molecular weight is 725 g/mol. The number of carbonyl (C=O) groups excluding carboxylic acids is 2. The molecule has 0 rings (SSSR count). The van der Waals surface area contributed by atoms with Crippen LogP contribution in [0.1, 0.15) is 181 Å². The summed E-state index contributed by atoms with van der Waals surface area (Å²) in [7, 11) is -4.88. The van der Waals surface area contributed by atoms with Crippen molar-refractivity contribution in [2.75, 3.05) is 6.61 Å². The van der Waals surface area contributed by atoms with Gasteiger partial charge in [0.2, 0.25) is 0 Å². The topological polar surface area (TPSA) is 130 Å². The van der Waals surface area contributed by atoms with Crippen LogP contribution in [0.15, 0.2) is 48.6 Å². The van der Waals surface area contributed by atoms with E-state index in [2.05, 4.69) is 54.8 Å². The Bertz CT molecular complexity index is 968. The number of phosphoric ester groups is 1. The number of hydrogen-bond donors (Lipinski definition) is 3. The van der Waals surface area contributed by atoms with Crippen LogP contribution in [0.3, 0.4) is 0 Å². The lowest BCUT2D eigenvalue weighted by atomic mass is 10.0. The van der Waals surface area contributed by atoms with Gasteiger partial charge in [0.1, 0.15) is 0 Å². The fourth-order valence-electron chi connectivity index (χ4n) is 5.54. The lowest BCUT2D eigenvalue weighted by molar-refractivity contribution is -0.161. The van der Waals surface area contributed by atoms with E-state index in [0.717, 1.165) is 44.9 Å². The maximum absolute atomic E-state index is 12.6. The van der Waals surface area contributed by atoms with Crippen molar-refractivity contribution in [1.29, 1.82) is 0 Å². The van der Waals surface area contributed by atoms with Gasteiger partial charge in [-0.25, -0.2) is 4.57 Å². The summed E-state index contributed by atoms with van der Waals surface area (Å²) in [4.78, 5) is 43.3. The summed E-state index contributed by atoms with van der Waals surface area (Å²) in [6.45, 7) is 3.70. The summed E-state index contributed by atoms with van der Waals surface area (Å²) in [5.41, 5.74) is 0. The van der Waals surface area contributed by atoms with Crippen LogP contribution in [0.25, 0.3) is 0 Å². The molecule has 9 heteroatoms. The predicted octanol–water partition coefficient (Wildman–Crippen LogP) is 11.3. The first-order valence-electron chi connectivity index (χ1n) is 19.9. The number of ketones is 1. The van der Waals surface area contributed by atoms with Crippen molar-refractivity contribution in [1.82, 2.24) is 0 Å². The Labute approximate surface area is 305 Å². The zero-order valence-electron chi connectivity index (χ0n) is 31.7. The van der Waals surface area contributed by atoms with Crippen molar-refractivity contribution in [3.63, 3.8) is 0 Å². The van der Waals surface area contributed by atoms with Crippen LogP contribution >= 0.6 is 7.82 Å². The Kier molecular flexibility index (Phi) is 34.3. The van der Waals surface area contributed by atoms with Gasteiger partial charge in [-0.2, -0.15) is 0 Å². The maximum Gasteiger partial charge on any atom is 0.469 e. The zero-order chi connectivity index (χ0) is 37.0. The molecule has 0 aliphatic carbocycles. The van der Waals surface area contributed by atoms with Crippen molar-refractivity contribution in [3.8, 4) is 0 Å². The van der Waals surface area contributed by atoms with Crippen LogP contribution in [0, 0.1) is 0 Å². The zero-order valence-corrected chi connectivity index (χ0v) is 32.6. The van der Waals surface area contributed by atoms with Crippen molar-refractivity contribution < 1.29 is 38.3 Å². The Morgan fingerprint density at radius 1 is 0.560 bits per heavy atom. The van der Waals surface area contributed by atoms with E-state index in [1.54, 1.807) is 0 Å². The number of unbranched alkanes of at least 4 members (excludes halogenated alkanes) is 18. The van der Waals surface area contributed by atoms with E-state index in [4.69, 9.17) is 14.5 Å². The molecule has 0 fully saturated rings. The van der Waals surface area contributed by atoms with Crippen LogP contribution in [-0.4, -0.2) is 45.5 Å². The molecule has 0 aromatic rings. The second kappa shape index (κ2) is 35.6. The molecule has 0 heterocycles. The molecular weight excluding hydrogens is 651 g/mol. The molecule has 0 bridgehead atoms. The minimum absolute atomic E-state index is 0.0460. The Morgan fingerprint density at radius 3 is 1.42 bits per heavy atom. The molecule has 0 aromatic heterocycles. The first-order chi connectivity index (χ1) is 24.2. The third kappa shape index (κ3) is 34.6. The largest absolute Gasteiger partial charge is 0.469 e. The smallest absolute Gasteiger partial charge is 0.457 e. The number of ether oxygens (including phenoxy) is 1. The van der Waals surface area contributed by atoms with Crippen LogP contribution in [0.5, 0.6) is 0 Å². The normalized spacial score (nSPS) is 13.7. The molecular formula is C41H73O8P. The van der Waals surface area contributed by atoms with Crippen molar-refractivity contribution >= 4 is 19.6 Å². The van der Waals surface area contributed by atoms with Gasteiger partial charge in [0, 0.05) is 12.8 Å². The summed E-state index contributed by atoms with van der Waals surface area (Å²) < 4.78 is 21.0. The highest BCUT2D eigenvalue weighted by Crippen LogP contribution is 2.36. The lowest BCUT2D eigenvalue weighted by Crippen LogP contribution is -2.40. The van der Waals surface area contributed by atoms with Gasteiger partial charge in [-0.05, 0) is 51.4 Å². The number of carbonyl (C=O) groups is 2. The number of Topliss-reactive ketones (excluding diaryl/α,β-unsaturated/α-hetero) is 1. The highest BCUT2D eigenvalue weighted by Gasteiger charge is 2.31. The molecule has 0 saturated heterocycles.